The lowest BCUT2D eigenvalue weighted by Crippen LogP contribution is -2.08. The molecule has 0 N–H and O–H groups in total. The molecule has 0 fully saturated rings. The molecule has 23 heavy (non-hydrogen) atoms. The first-order chi connectivity index (χ1) is 11.1. The Kier molecular flexibility index (Phi) is 3.27. The third-order valence-corrected chi connectivity index (χ3v) is 5.07. The van der Waals surface area contributed by atoms with Crippen LogP contribution in [0.2, 0.25) is 0 Å². The lowest BCUT2D eigenvalue weighted by molar-refractivity contribution is 0.344. The molecule has 0 aliphatic carbocycles. The van der Waals surface area contributed by atoms with Crippen LogP contribution in [0.4, 0.5) is 0 Å². The Balaban J connectivity index is 1.88. The van der Waals surface area contributed by atoms with Crippen molar-refractivity contribution in [2.75, 3.05) is 0 Å². The fourth-order valence-electron chi connectivity index (χ4n) is 2.87. The van der Waals surface area contributed by atoms with E-state index in [0.29, 0.717) is 11.7 Å². The minimum atomic E-state index is -0.0632. The number of aromatic nitrogens is 4. The first kappa shape index (κ1) is 14.1. The van der Waals surface area contributed by atoms with E-state index in [9.17, 15) is 0 Å². The molecule has 116 valence electrons. The summed E-state index contributed by atoms with van der Waals surface area (Å²) in [5.41, 5.74) is 1.18. The number of hydrogen-bond donors (Lipinski definition) is 0. The minimum absolute atomic E-state index is 0.0632. The molecular formula is C17H16N4OS. The van der Waals surface area contributed by atoms with Gasteiger partial charge in [-0.1, -0.05) is 23.4 Å². The molecule has 0 saturated carbocycles. The molecule has 1 aromatic carbocycles. The smallest absolute Gasteiger partial charge is 0.249 e. The maximum absolute atomic E-state index is 5.33. The Labute approximate surface area is 137 Å². The van der Waals surface area contributed by atoms with Crippen molar-refractivity contribution in [2.45, 2.75) is 26.8 Å². The number of thiophene rings is 1. The summed E-state index contributed by atoms with van der Waals surface area (Å²) in [6.45, 7) is 6.01. The van der Waals surface area contributed by atoms with Gasteiger partial charge in [0.25, 0.3) is 0 Å². The zero-order valence-corrected chi connectivity index (χ0v) is 14.0. The first-order valence-corrected chi connectivity index (χ1v) is 8.28. The van der Waals surface area contributed by atoms with Crippen LogP contribution in [0.5, 0.6) is 0 Å². The maximum Gasteiger partial charge on any atom is 0.249 e. The fraction of sp³-hybridized carbons (Fsp3) is 0.235. The van der Waals surface area contributed by atoms with Gasteiger partial charge in [-0.15, -0.1) is 11.3 Å². The summed E-state index contributed by atoms with van der Waals surface area (Å²) in [5, 5.41) is 5.12. The number of aryl methyl sites for hydroxylation is 2. The highest BCUT2D eigenvalue weighted by molar-refractivity contribution is 7.19. The number of imidazole rings is 1. The highest BCUT2D eigenvalue weighted by Gasteiger charge is 2.21. The molecule has 4 rings (SSSR count). The van der Waals surface area contributed by atoms with Gasteiger partial charge < -0.3 is 9.09 Å². The molecule has 0 aliphatic heterocycles. The van der Waals surface area contributed by atoms with Crippen molar-refractivity contribution < 1.29 is 4.52 Å². The molecule has 5 nitrogen and oxygen atoms in total. The van der Waals surface area contributed by atoms with E-state index in [4.69, 9.17) is 4.52 Å². The fourth-order valence-corrected chi connectivity index (χ4v) is 3.93. The molecular weight excluding hydrogens is 308 g/mol. The summed E-state index contributed by atoms with van der Waals surface area (Å²) in [7, 11) is 0. The van der Waals surface area contributed by atoms with Gasteiger partial charge in [-0.3, -0.25) is 0 Å². The standard InChI is InChI=1S/C17H16N4OS/c1-10(17-19-12(3)20-22-17)21-9-8-18-16(21)15-11(2)23-14-7-5-4-6-13(14)15/h4-10H,1-3H3. The average molecular weight is 324 g/mol. The molecule has 0 spiro atoms. The van der Waals surface area contributed by atoms with Gasteiger partial charge in [0, 0.05) is 32.9 Å². The lowest BCUT2D eigenvalue weighted by Gasteiger charge is -2.13. The van der Waals surface area contributed by atoms with Crippen LogP contribution in [0.15, 0.2) is 41.2 Å². The molecule has 0 saturated heterocycles. The minimum Gasteiger partial charge on any atom is -0.337 e. The zero-order valence-electron chi connectivity index (χ0n) is 13.1. The van der Waals surface area contributed by atoms with Crippen molar-refractivity contribution in [3.63, 3.8) is 0 Å². The van der Waals surface area contributed by atoms with Gasteiger partial charge in [0.2, 0.25) is 5.89 Å². The summed E-state index contributed by atoms with van der Waals surface area (Å²) in [5.74, 6) is 2.17. The van der Waals surface area contributed by atoms with Crippen LogP contribution in [0.1, 0.15) is 29.6 Å². The normalized spacial score (nSPS) is 12.8. The van der Waals surface area contributed by atoms with E-state index in [1.807, 2.05) is 26.2 Å². The molecule has 1 atom stereocenters. The summed E-state index contributed by atoms with van der Waals surface area (Å²) >= 11 is 1.79. The van der Waals surface area contributed by atoms with Crippen molar-refractivity contribution in [3.05, 3.63) is 53.3 Å². The van der Waals surface area contributed by atoms with Gasteiger partial charge in [-0.05, 0) is 26.8 Å². The molecule has 0 bridgehead atoms. The molecule has 1 unspecified atom stereocenters. The largest absolute Gasteiger partial charge is 0.337 e. The van der Waals surface area contributed by atoms with Crippen molar-refractivity contribution in [1.82, 2.24) is 19.7 Å². The highest BCUT2D eigenvalue weighted by atomic mass is 32.1. The van der Waals surface area contributed by atoms with E-state index in [1.54, 1.807) is 11.3 Å². The van der Waals surface area contributed by atoms with Crippen LogP contribution < -0.4 is 0 Å². The summed E-state index contributed by atoms with van der Waals surface area (Å²) in [6, 6.07) is 8.37. The van der Waals surface area contributed by atoms with Crippen LogP contribution in [-0.4, -0.2) is 19.7 Å². The van der Waals surface area contributed by atoms with E-state index in [2.05, 4.69) is 50.9 Å². The SMILES string of the molecule is Cc1noc(C(C)n2ccnc2-c2c(C)sc3ccccc23)n1. The van der Waals surface area contributed by atoms with Crippen LogP contribution in [0.25, 0.3) is 21.5 Å². The molecule has 3 heterocycles. The van der Waals surface area contributed by atoms with E-state index < -0.39 is 0 Å². The molecule has 6 heteroatoms. The van der Waals surface area contributed by atoms with Crippen molar-refractivity contribution in [3.8, 4) is 11.4 Å². The van der Waals surface area contributed by atoms with Crippen LogP contribution >= 0.6 is 11.3 Å². The number of benzene rings is 1. The van der Waals surface area contributed by atoms with Gasteiger partial charge in [0.1, 0.15) is 11.9 Å². The van der Waals surface area contributed by atoms with E-state index in [1.165, 1.54) is 20.5 Å². The van der Waals surface area contributed by atoms with Crippen LogP contribution in [0, 0.1) is 13.8 Å². The van der Waals surface area contributed by atoms with E-state index in [-0.39, 0.29) is 6.04 Å². The third-order valence-electron chi connectivity index (χ3n) is 3.98. The van der Waals surface area contributed by atoms with Crippen molar-refractivity contribution in [2.24, 2.45) is 0 Å². The summed E-state index contributed by atoms with van der Waals surface area (Å²) in [4.78, 5) is 10.2. The predicted molar refractivity (Wildman–Crippen MR) is 90.6 cm³/mol. The van der Waals surface area contributed by atoms with Crippen LogP contribution in [0.3, 0.4) is 0 Å². The zero-order chi connectivity index (χ0) is 16.0. The summed E-state index contributed by atoms with van der Waals surface area (Å²) in [6.07, 6.45) is 3.78. The van der Waals surface area contributed by atoms with Gasteiger partial charge in [0.15, 0.2) is 5.82 Å². The van der Waals surface area contributed by atoms with E-state index in [0.717, 1.165) is 5.82 Å². The lowest BCUT2D eigenvalue weighted by atomic mass is 10.1. The first-order valence-electron chi connectivity index (χ1n) is 7.46. The van der Waals surface area contributed by atoms with Gasteiger partial charge in [0.05, 0.1) is 0 Å². The Morgan fingerprint density at radius 3 is 2.83 bits per heavy atom. The Morgan fingerprint density at radius 1 is 1.22 bits per heavy atom. The quantitative estimate of drug-likeness (QED) is 0.561. The molecule has 4 aromatic rings. The topological polar surface area (TPSA) is 56.7 Å². The van der Waals surface area contributed by atoms with Gasteiger partial charge in [-0.25, -0.2) is 4.98 Å². The van der Waals surface area contributed by atoms with Crippen molar-refractivity contribution in [1.29, 1.82) is 0 Å². The molecule has 0 amide bonds. The molecule has 0 aliphatic rings. The number of fused-ring (bicyclic) bond motifs is 1. The van der Waals surface area contributed by atoms with Gasteiger partial charge in [-0.2, -0.15) is 4.98 Å². The number of nitrogens with zero attached hydrogens (tertiary/aromatic N) is 4. The second kappa shape index (κ2) is 5.31. The number of hydrogen-bond acceptors (Lipinski definition) is 5. The van der Waals surface area contributed by atoms with Gasteiger partial charge >= 0.3 is 0 Å². The second-order valence-electron chi connectivity index (χ2n) is 5.54. The predicted octanol–water partition coefficient (Wildman–Crippen LogP) is 4.37. The maximum atomic E-state index is 5.33. The van der Waals surface area contributed by atoms with E-state index >= 15 is 0 Å². The highest BCUT2D eigenvalue weighted by Crippen LogP contribution is 2.38. The second-order valence-corrected chi connectivity index (χ2v) is 6.80. The molecule has 3 aromatic heterocycles. The Morgan fingerprint density at radius 2 is 2.04 bits per heavy atom. The van der Waals surface area contributed by atoms with Crippen LogP contribution in [-0.2, 0) is 0 Å². The van der Waals surface area contributed by atoms with Crippen molar-refractivity contribution >= 4 is 21.4 Å². The monoisotopic (exact) mass is 324 g/mol. The Hall–Kier alpha value is -2.47. The summed E-state index contributed by atoms with van der Waals surface area (Å²) < 4.78 is 8.70. The number of rotatable bonds is 3. The molecule has 0 radical (unpaired) electrons. The average Bonchev–Trinajstić information content (AvgIpc) is 3.23. The Bertz CT molecular complexity index is 981. The third kappa shape index (κ3) is 2.26.